The Morgan fingerprint density at radius 1 is 1.58 bits per heavy atom. The largest absolute Gasteiger partial charge is 0.390 e. The van der Waals surface area contributed by atoms with E-state index in [2.05, 4.69) is 4.99 Å². The Labute approximate surface area is 108 Å². The summed E-state index contributed by atoms with van der Waals surface area (Å²) in [6.07, 6.45) is -2.35. The highest BCUT2D eigenvalue weighted by atomic mass is 19.2. The molecule has 9 heteroatoms. The van der Waals surface area contributed by atoms with Crippen molar-refractivity contribution < 1.29 is 29.6 Å². The molecule has 0 bridgehead atoms. The topological polar surface area (TPSA) is 132 Å². The van der Waals surface area contributed by atoms with Gasteiger partial charge in [-0.25, -0.2) is 9.38 Å². The minimum Gasteiger partial charge on any atom is -0.390 e. The van der Waals surface area contributed by atoms with E-state index in [1.807, 2.05) is 0 Å². The third kappa shape index (κ3) is 2.09. The molecule has 1 fully saturated rings. The number of ether oxygens (including phenoxy) is 1. The van der Waals surface area contributed by atoms with Crippen molar-refractivity contribution in [3.05, 3.63) is 12.3 Å². The predicted octanol–water partition coefficient (Wildman–Crippen LogP) is -2.42. The molecule has 0 saturated carbocycles. The molecule has 108 valence electrons. The number of halogens is 1. The zero-order chi connectivity index (χ0) is 14.4. The van der Waals surface area contributed by atoms with Gasteiger partial charge >= 0.3 is 0 Å². The maximum absolute atomic E-state index is 14.1. The summed E-state index contributed by atoms with van der Waals surface area (Å²) in [6, 6.07) is 0. The molecule has 2 heterocycles. The molecule has 0 aromatic carbocycles. The lowest BCUT2D eigenvalue weighted by Crippen LogP contribution is -2.55. The van der Waals surface area contributed by atoms with Crippen molar-refractivity contribution in [1.82, 2.24) is 4.90 Å². The van der Waals surface area contributed by atoms with Gasteiger partial charge in [0.2, 0.25) is 6.35 Å². The van der Waals surface area contributed by atoms with E-state index >= 15 is 0 Å². The second-order valence-corrected chi connectivity index (χ2v) is 4.71. The van der Waals surface area contributed by atoms with Crippen molar-refractivity contribution in [2.24, 2.45) is 10.7 Å². The van der Waals surface area contributed by atoms with Crippen LogP contribution in [-0.4, -0.2) is 67.9 Å². The van der Waals surface area contributed by atoms with Crippen molar-refractivity contribution in [1.29, 1.82) is 0 Å². The maximum Gasteiger partial charge on any atom is 0.263 e. The van der Waals surface area contributed by atoms with Crippen LogP contribution in [0.3, 0.4) is 0 Å². The summed E-state index contributed by atoms with van der Waals surface area (Å²) in [5.74, 6) is -2.77. The average molecular weight is 277 g/mol. The average Bonchev–Trinajstić information content (AvgIpc) is 2.51. The summed E-state index contributed by atoms with van der Waals surface area (Å²) in [6.45, 7) is -0.0125. The van der Waals surface area contributed by atoms with E-state index in [0.717, 1.165) is 11.8 Å². The molecule has 0 aromatic heterocycles. The van der Waals surface area contributed by atoms with E-state index in [1.54, 1.807) is 0 Å². The number of amidine groups is 1. The highest BCUT2D eigenvalue weighted by molar-refractivity contribution is 5.91. The molecule has 1 unspecified atom stereocenters. The normalized spacial score (nSPS) is 46.5. The van der Waals surface area contributed by atoms with E-state index in [4.69, 9.17) is 15.6 Å². The Balaban J connectivity index is 2.29. The highest BCUT2D eigenvalue weighted by Crippen LogP contribution is 2.41. The maximum atomic E-state index is 14.1. The molecule has 2 aliphatic heterocycles. The van der Waals surface area contributed by atoms with Crippen molar-refractivity contribution in [3.63, 3.8) is 0 Å². The molecular formula is C10H16FN3O5. The van der Waals surface area contributed by atoms with Gasteiger partial charge in [-0.1, -0.05) is 0 Å². The number of nitrogens with two attached hydrogens (primary N) is 1. The van der Waals surface area contributed by atoms with Crippen LogP contribution in [0.2, 0.25) is 0 Å². The fourth-order valence-electron chi connectivity index (χ4n) is 2.11. The Bertz CT molecular complexity index is 429. The van der Waals surface area contributed by atoms with Gasteiger partial charge < -0.3 is 35.8 Å². The molecule has 0 radical (unpaired) electrons. The van der Waals surface area contributed by atoms with Crippen molar-refractivity contribution >= 4 is 5.84 Å². The van der Waals surface area contributed by atoms with Crippen LogP contribution in [0.25, 0.3) is 0 Å². The molecule has 0 aliphatic carbocycles. The van der Waals surface area contributed by atoms with Gasteiger partial charge in [0.1, 0.15) is 24.1 Å². The van der Waals surface area contributed by atoms with Crippen LogP contribution in [0.4, 0.5) is 4.39 Å². The second-order valence-electron chi connectivity index (χ2n) is 4.71. The monoisotopic (exact) mass is 277 g/mol. The standard InChI is InChI=1S/C10H16FN3O5/c1-9(18)6(16)10(11,4-15)19-7(9)14-3-2-5(12)13-8(14)17/h2-3,6-8,15-18H,4H2,1H3,(H2,12,13)/t6-,7+,8?,9+,10+/m0/s1. The summed E-state index contributed by atoms with van der Waals surface area (Å²) in [7, 11) is 0. The van der Waals surface area contributed by atoms with E-state index in [0.29, 0.717) is 0 Å². The second kappa shape index (κ2) is 4.39. The van der Waals surface area contributed by atoms with Crippen molar-refractivity contribution in [2.45, 2.75) is 37.1 Å². The molecule has 6 N–H and O–H groups in total. The van der Waals surface area contributed by atoms with Crippen LogP contribution in [0.5, 0.6) is 0 Å². The van der Waals surface area contributed by atoms with Gasteiger partial charge in [-0.05, 0) is 13.0 Å². The Kier molecular flexibility index (Phi) is 3.27. The van der Waals surface area contributed by atoms with Gasteiger partial charge in [-0.3, -0.25) is 0 Å². The van der Waals surface area contributed by atoms with E-state index in [1.165, 1.54) is 12.3 Å². The predicted molar refractivity (Wildman–Crippen MR) is 61.0 cm³/mol. The third-order valence-corrected chi connectivity index (χ3v) is 3.20. The van der Waals surface area contributed by atoms with Gasteiger partial charge in [0.05, 0.1) is 0 Å². The summed E-state index contributed by atoms with van der Waals surface area (Å²) < 4.78 is 18.9. The van der Waals surface area contributed by atoms with E-state index < -0.39 is 36.7 Å². The third-order valence-electron chi connectivity index (χ3n) is 3.20. The summed E-state index contributed by atoms with van der Waals surface area (Å²) in [5.41, 5.74) is 3.31. The lowest BCUT2D eigenvalue weighted by Gasteiger charge is -2.37. The van der Waals surface area contributed by atoms with Gasteiger partial charge in [0.15, 0.2) is 6.23 Å². The molecule has 2 aliphatic rings. The number of alkyl halides is 1. The molecule has 0 aromatic rings. The molecule has 8 nitrogen and oxygen atoms in total. The first kappa shape index (κ1) is 14.2. The highest BCUT2D eigenvalue weighted by Gasteiger charge is 2.63. The first-order valence-corrected chi connectivity index (χ1v) is 5.57. The first-order chi connectivity index (χ1) is 8.72. The lowest BCUT2D eigenvalue weighted by molar-refractivity contribution is -0.224. The molecule has 0 spiro atoms. The molecule has 19 heavy (non-hydrogen) atoms. The molecular weight excluding hydrogens is 261 g/mol. The Morgan fingerprint density at radius 2 is 2.21 bits per heavy atom. The minimum atomic E-state index is -2.82. The quantitative estimate of drug-likeness (QED) is 0.379. The number of hydrogen-bond donors (Lipinski definition) is 5. The van der Waals surface area contributed by atoms with E-state index in [-0.39, 0.29) is 5.84 Å². The van der Waals surface area contributed by atoms with Crippen LogP contribution in [0, 0.1) is 0 Å². The van der Waals surface area contributed by atoms with Gasteiger partial charge in [-0.2, -0.15) is 0 Å². The van der Waals surface area contributed by atoms with Crippen LogP contribution < -0.4 is 5.73 Å². The molecule has 1 saturated heterocycles. The van der Waals surface area contributed by atoms with Crippen LogP contribution in [0.15, 0.2) is 17.3 Å². The number of aliphatic hydroxyl groups excluding tert-OH is 3. The van der Waals surface area contributed by atoms with Gasteiger partial charge in [0, 0.05) is 6.20 Å². The smallest absolute Gasteiger partial charge is 0.263 e. The SMILES string of the molecule is C[C@]1(O)[C@H](N2C=CC(N)=NC2O)O[C@](F)(CO)[C@H]1O. The first-order valence-electron chi connectivity index (χ1n) is 5.57. The molecule has 5 atom stereocenters. The molecule has 2 rings (SSSR count). The van der Waals surface area contributed by atoms with Gasteiger partial charge in [-0.15, -0.1) is 0 Å². The van der Waals surface area contributed by atoms with Crippen LogP contribution in [-0.2, 0) is 4.74 Å². The van der Waals surface area contributed by atoms with Gasteiger partial charge in [0.25, 0.3) is 5.85 Å². The number of aliphatic hydroxyl groups is 4. The number of aliphatic imine (C=N–C) groups is 1. The molecule has 0 amide bonds. The van der Waals surface area contributed by atoms with E-state index in [9.17, 15) is 19.7 Å². The van der Waals surface area contributed by atoms with Crippen molar-refractivity contribution in [2.75, 3.05) is 6.61 Å². The number of nitrogens with zero attached hydrogens (tertiary/aromatic N) is 2. The zero-order valence-electron chi connectivity index (χ0n) is 10.1. The van der Waals surface area contributed by atoms with Crippen LogP contribution in [0.1, 0.15) is 6.92 Å². The van der Waals surface area contributed by atoms with Crippen LogP contribution >= 0.6 is 0 Å². The Morgan fingerprint density at radius 3 is 2.68 bits per heavy atom. The lowest BCUT2D eigenvalue weighted by atomic mass is 9.95. The van der Waals surface area contributed by atoms with Crippen molar-refractivity contribution in [3.8, 4) is 0 Å². The number of hydrogen-bond acceptors (Lipinski definition) is 8. The fraction of sp³-hybridized carbons (Fsp3) is 0.700. The summed E-state index contributed by atoms with van der Waals surface area (Å²) >= 11 is 0. The minimum absolute atomic E-state index is 0.0515. The summed E-state index contributed by atoms with van der Waals surface area (Å²) in [5, 5.41) is 38.5. The Hall–Kier alpha value is -1.26. The summed E-state index contributed by atoms with van der Waals surface area (Å²) in [4.78, 5) is 4.59. The zero-order valence-corrected chi connectivity index (χ0v) is 10.1. The number of rotatable bonds is 2. The fourth-order valence-corrected chi connectivity index (χ4v) is 2.11.